The Bertz CT molecular complexity index is 747. The predicted molar refractivity (Wildman–Crippen MR) is 85.8 cm³/mol. The molecule has 0 aromatic heterocycles. The Balaban J connectivity index is 2.18. The van der Waals surface area contributed by atoms with Crippen molar-refractivity contribution in [1.82, 2.24) is 10.2 Å². The van der Waals surface area contributed by atoms with Crippen LogP contribution in [0.5, 0.6) is 0 Å². The summed E-state index contributed by atoms with van der Waals surface area (Å²) in [6.45, 7) is 1.67. The maximum absolute atomic E-state index is 13.7. The molecule has 2 rings (SSSR count). The summed E-state index contributed by atoms with van der Waals surface area (Å²) in [6.07, 6.45) is 0. The van der Waals surface area contributed by atoms with E-state index in [0.29, 0.717) is 6.07 Å². The molecule has 0 aliphatic heterocycles. The number of aryl methyl sites for hydroxylation is 1. The number of nitrogens with one attached hydrogen (secondary N) is 1. The van der Waals surface area contributed by atoms with Gasteiger partial charge in [-0.25, -0.2) is 13.2 Å². The Labute approximate surface area is 139 Å². The second-order valence-electron chi connectivity index (χ2n) is 5.80. The van der Waals surface area contributed by atoms with Gasteiger partial charge in [0.25, 0.3) is 0 Å². The summed E-state index contributed by atoms with van der Waals surface area (Å²) in [5, 5.41) is 2.58. The van der Waals surface area contributed by atoms with Gasteiger partial charge in [0.1, 0.15) is 11.9 Å². The van der Waals surface area contributed by atoms with Crippen LogP contribution in [0, 0.1) is 24.4 Å². The van der Waals surface area contributed by atoms with Crippen LogP contribution in [-0.4, -0.2) is 24.9 Å². The maximum Gasteiger partial charge on any atom is 0.242 e. The highest BCUT2D eigenvalue weighted by Crippen LogP contribution is 2.22. The van der Waals surface area contributed by atoms with E-state index in [2.05, 4.69) is 5.32 Å². The Hall–Kier alpha value is -2.34. The van der Waals surface area contributed by atoms with Gasteiger partial charge in [0, 0.05) is 18.2 Å². The van der Waals surface area contributed by atoms with Crippen molar-refractivity contribution in [3.05, 3.63) is 70.5 Å². The molecule has 0 aliphatic carbocycles. The number of benzene rings is 2. The zero-order valence-corrected chi connectivity index (χ0v) is 13.7. The van der Waals surface area contributed by atoms with Crippen LogP contribution in [0.15, 0.2) is 36.4 Å². The highest BCUT2D eigenvalue weighted by Gasteiger charge is 2.24. The molecule has 1 amide bonds. The Kier molecular flexibility index (Phi) is 5.62. The molecule has 128 valence electrons. The van der Waals surface area contributed by atoms with Gasteiger partial charge in [-0.05, 0) is 38.2 Å². The second-order valence-corrected chi connectivity index (χ2v) is 5.80. The maximum atomic E-state index is 13.7. The number of amides is 1. The largest absolute Gasteiger partial charge is 0.350 e. The third kappa shape index (κ3) is 3.94. The first-order chi connectivity index (χ1) is 11.3. The molecule has 0 bridgehead atoms. The summed E-state index contributed by atoms with van der Waals surface area (Å²) in [6, 6.07) is 8.11. The lowest BCUT2D eigenvalue weighted by atomic mass is 9.99. The van der Waals surface area contributed by atoms with Crippen molar-refractivity contribution < 1.29 is 18.0 Å². The van der Waals surface area contributed by atoms with E-state index in [0.717, 1.165) is 17.2 Å². The van der Waals surface area contributed by atoms with Gasteiger partial charge < -0.3 is 5.32 Å². The lowest BCUT2D eigenvalue weighted by Crippen LogP contribution is -2.37. The normalized spacial score (nSPS) is 12.3. The van der Waals surface area contributed by atoms with Gasteiger partial charge in [-0.3, -0.25) is 9.69 Å². The van der Waals surface area contributed by atoms with Crippen LogP contribution >= 0.6 is 0 Å². The standard InChI is InChI=1S/C18H19F3N2O/c1-11-6-4-5-7-13(11)17(23(2)3)18(24)22-10-12-8-15(20)16(21)9-14(12)19/h4-9,17H,10H2,1-3H3,(H,22,24)/t17-/m0/s1. The van der Waals surface area contributed by atoms with E-state index in [1.54, 1.807) is 19.0 Å². The molecule has 1 N–H and O–H groups in total. The van der Waals surface area contributed by atoms with Gasteiger partial charge in [0.05, 0.1) is 0 Å². The summed E-state index contributed by atoms with van der Waals surface area (Å²) in [5.41, 5.74) is 1.67. The lowest BCUT2D eigenvalue weighted by Gasteiger charge is -2.25. The van der Waals surface area contributed by atoms with E-state index in [9.17, 15) is 18.0 Å². The molecule has 6 heteroatoms. The molecule has 0 saturated heterocycles. The van der Waals surface area contributed by atoms with Crippen molar-refractivity contribution in [2.75, 3.05) is 14.1 Å². The molecule has 24 heavy (non-hydrogen) atoms. The third-order valence-corrected chi connectivity index (χ3v) is 3.79. The average Bonchev–Trinajstić information content (AvgIpc) is 2.51. The summed E-state index contributed by atoms with van der Waals surface area (Å²) in [5.74, 6) is -3.65. The van der Waals surface area contributed by atoms with E-state index >= 15 is 0 Å². The number of nitrogens with zero attached hydrogens (tertiary/aromatic N) is 1. The van der Waals surface area contributed by atoms with Crippen LogP contribution in [0.25, 0.3) is 0 Å². The average molecular weight is 336 g/mol. The monoisotopic (exact) mass is 336 g/mol. The minimum absolute atomic E-state index is 0.107. The van der Waals surface area contributed by atoms with E-state index in [4.69, 9.17) is 0 Å². The van der Waals surface area contributed by atoms with E-state index in [-0.39, 0.29) is 18.0 Å². The van der Waals surface area contributed by atoms with Crippen LogP contribution in [0.2, 0.25) is 0 Å². The smallest absolute Gasteiger partial charge is 0.242 e. The highest BCUT2D eigenvalue weighted by atomic mass is 19.2. The summed E-state index contributed by atoms with van der Waals surface area (Å²) in [7, 11) is 3.52. The topological polar surface area (TPSA) is 32.3 Å². The van der Waals surface area contributed by atoms with E-state index < -0.39 is 23.5 Å². The van der Waals surface area contributed by atoms with Crippen molar-refractivity contribution in [3.63, 3.8) is 0 Å². The molecule has 0 radical (unpaired) electrons. The van der Waals surface area contributed by atoms with E-state index in [1.165, 1.54) is 0 Å². The molecular formula is C18H19F3N2O. The van der Waals surface area contributed by atoms with Crippen LogP contribution in [0.4, 0.5) is 13.2 Å². The Morgan fingerprint density at radius 2 is 1.71 bits per heavy atom. The molecule has 2 aromatic rings. The number of hydrogen-bond donors (Lipinski definition) is 1. The second kappa shape index (κ2) is 7.49. The van der Waals surface area contributed by atoms with Crippen LogP contribution < -0.4 is 5.32 Å². The molecule has 3 nitrogen and oxygen atoms in total. The first-order valence-corrected chi connectivity index (χ1v) is 7.44. The van der Waals surface area contributed by atoms with Crippen LogP contribution in [0.1, 0.15) is 22.7 Å². The van der Waals surface area contributed by atoms with Gasteiger partial charge in [-0.2, -0.15) is 0 Å². The summed E-state index contributed by atoms with van der Waals surface area (Å²) < 4.78 is 39.8. The number of carbonyl (C=O) groups excluding carboxylic acids is 1. The summed E-state index contributed by atoms with van der Waals surface area (Å²) >= 11 is 0. The number of halogens is 3. The number of rotatable bonds is 5. The number of likely N-dealkylation sites (N-methyl/N-ethyl adjacent to an activating group) is 1. The van der Waals surface area contributed by atoms with Crippen LogP contribution in [0.3, 0.4) is 0 Å². The van der Waals surface area contributed by atoms with Gasteiger partial charge in [0.2, 0.25) is 5.91 Å². The molecule has 0 aliphatic rings. The zero-order valence-electron chi connectivity index (χ0n) is 13.7. The molecule has 0 saturated carbocycles. The first-order valence-electron chi connectivity index (χ1n) is 7.44. The van der Waals surface area contributed by atoms with Crippen molar-refractivity contribution in [2.24, 2.45) is 0 Å². The van der Waals surface area contributed by atoms with E-state index in [1.807, 2.05) is 31.2 Å². The van der Waals surface area contributed by atoms with Crippen LogP contribution in [-0.2, 0) is 11.3 Å². The van der Waals surface area contributed by atoms with Crippen molar-refractivity contribution >= 4 is 5.91 Å². The third-order valence-electron chi connectivity index (χ3n) is 3.79. The molecule has 0 unspecified atom stereocenters. The molecule has 2 aromatic carbocycles. The molecule has 0 fully saturated rings. The minimum Gasteiger partial charge on any atom is -0.350 e. The van der Waals surface area contributed by atoms with Crippen molar-refractivity contribution in [1.29, 1.82) is 0 Å². The fourth-order valence-electron chi connectivity index (χ4n) is 2.53. The predicted octanol–water partition coefficient (Wildman–Crippen LogP) is 3.33. The molecule has 0 spiro atoms. The molecule has 0 heterocycles. The Morgan fingerprint density at radius 3 is 2.33 bits per heavy atom. The van der Waals surface area contributed by atoms with Crippen molar-refractivity contribution in [2.45, 2.75) is 19.5 Å². The zero-order chi connectivity index (χ0) is 17.9. The Morgan fingerprint density at radius 1 is 1.08 bits per heavy atom. The van der Waals surface area contributed by atoms with Gasteiger partial charge >= 0.3 is 0 Å². The quantitative estimate of drug-likeness (QED) is 0.850. The van der Waals surface area contributed by atoms with Gasteiger partial charge in [-0.1, -0.05) is 24.3 Å². The van der Waals surface area contributed by atoms with Crippen molar-refractivity contribution in [3.8, 4) is 0 Å². The fraction of sp³-hybridized carbons (Fsp3) is 0.278. The molecular weight excluding hydrogens is 317 g/mol. The first kappa shape index (κ1) is 18.0. The lowest BCUT2D eigenvalue weighted by molar-refractivity contribution is -0.126. The molecule has 1 atom stereocenters. The number of hydrogen-bond acceptors (Lipinski definition) is 2. The fourth-order valence-corrected chi connectivity index (χ4v) is 2.53. The SMILES string of the molecule is Cc1ccccc1[C@@H](C(=O)NCc1cc(F)c(F)cc1F)N(C)C. The van der Waals surface area contributed by atoms with Gasteiger partial charge in [-0.15, -0.1) is 0 Å². The number of carbonyl (C=O) groups is 1. The van der Waals surface area contributed by atoms with Gasteiger partial charge in [0.15, 0.2) is 11.6 Å². The summed E-state index contributed by atoms with van der Waals surface area (Å²) in [4.78, 5) is 14.3. The highest BCUT2D eigenvalue weighted by molar-refractivity contribution is 5.83. The minimum atomic E-state index is -1.26.